The van der Waals surface area contributed by atoms with Gasteiger partial charge in [-0.3, -0.25) is 4.68 Å². The average molecular weight is 202 g/mol. The molecule has 13 heavy (non-hydrogen) atoms. The van der Waals surface area contributed by atoms with Crippen LogP contribution in [0.3, 0.4) is 0 Å². The maximum Gasteiger partial charge on any atom is 0.0785 e. The molecule has 0 saturated heterocycles. The molecule has 0 radical (unpaired) electrons. The summed E-state index contributed by atoms with van der Waals surface area (Å²) in [7, 11) is 1.98. The highest BCUT2D eigenvalue weighted by Gasteiger charge is 1.94. The smallest absolute Gasteiger partial charge is 0.0785 e. The fourth-order valence-electron chi connectivity index (χ4n) is 1.21. The summed E-state index contributed by atoms with van der Waals surface area (Å²) in [6.07, 6.45) is 7.16. The third-order valence-electron chi connectivity index (χ3n) is 1.92. The van der Waals surface area contributed by atoms with Crippen LogP contribution in [0.4, 0.5) is 0 Å². The Morgan fingerprint density at radius 2 is 2.31 bits per heavy atom. The van der Waals surface area contributed by atoms with Gasteiger partial charge in [0, 0.05) is 12.7 Å². The number of halogens is 1. The summed E-state index contributed by atoms with van der Waals surface area (Å²) in [4.78, 5) is 0. The Morgan fingerprint density at radius 3 is 2.92 bits per heavy atom. The van der Waals surface area contributed by atoms with Crippen molar-refractivity contribution >= 4 is 11.6 Å². The van der Waals surface area contributed by atoms with Crippen molar-refractivity contribution in [3.63, 3.8) is 0 Å². The summed E-state index contributed by atoms with van der Waals surface area (Å²) in [5.74, 6) is 0. The summed E-state index contributed by atoms with van der Waals surface area (Å²) in [6, 6.07) is 0. The van der Waals surface area contributed by atoms with Gasteiger partial charge in [-0.15, -0.1) is 0 Å². The van der Waals surface area contributed by atoms with E-state index >= 15 is 0 Å². The third kappa shape index (κ3) is 4.29. The highest BCUT2D eigenvalue weighted by molar-refractivity contribution is 6.30. The van der Waals surface area contributed by atoms with Crippen LogP contribution < -0.4 is 5.32 Å². The van der Waals surface area contributed by atoms with E-state index in [2.05, 4.69) is 10.4 Å². The Kier molecular flexibility index (Phi) is 4.86. The predicted octanol–water partition coefficient (Wildman–Crippen LogP) is 1.93. The van der Waals surface area contributed by atoms with Gasteiger partial charge >= 0.3 is 0 Å². The summed E-state index contributed by atoms with van der Waals surface area (Å²) >= 11 is 5.73. The molecule has 0 atom stereocenters. The molecule has 1 aromatic rings. The first-order valence-electron chi connectivity index (χ1n) is 4.65. The Bertz CT molecular complexity index is 235. The van der Waals surface area contributed by atoms with Gasteiger partial charge in [-0.1, -0.05) is 18.0 Å². The molecule has 4 heteroatoms. The highest BCUT2D eigenvalue weighted by atomic mass is 35.5. The SMILES string of the molecule is CNCCCCCn1cc(Cl)cn1. The first-order valence-corrected chi connectivity index (χ1v) is 5.03. The van der Waals surface area contributed by atoms with Gasteiger partial charge in [0.15, 0.2) is 0 Å². The second-order valence-electron chi connectivity index (χ2n) is 3.09. The first-order chi connectivity index (χ1) is 6.33. The van der Waals surface area contributed by atoms with E-state index in [1.165, 1.54) is 19.3 Å². The van der Waals surface area contributed by atoms with Crippen molar-refractivity contribution in [2.24, 2.45) is 0 Å². The maximum atomic E-state index is 5.73. The Hall–Kier alpha value is -0.540. The number of hydrogen-bond donors (Lipinski definition) is 1. The predicted molar refractivity (Wildman–Crippen MR) is 55.0 cm³/mol. The largest absolute Gasteiger partial charge is 0.320 e. The molecule has 0 amide bonds. The van der Waals surface area contributed by atoms with Crippen LogP contribution in [0.15, 0.2) is 12.4 Å². The minimum absolute atomic E-state index is 0.718. The molecule has 0 unspecified atom stereocenters. The molecule has 1 heterocycles. The van der Waals surface area contributed by atoms with Gasteiger partial charge in [0.1, 0.15) is 0 Å². The summed E-state index contributed by atoms with van der Waals surface area (Å²) < 4.78 is 1.89. The zero-order valence-electron chi connectivity index (χ0n) is 7.96. The van der Waals surface area contributed by atoms with E-state index in [1.54, 1.807) is 6.20 Å². The van der Waals surface area contributed by atoms with E-state index in [1.807, 2.05) is 17.9 Å². The number of aryl methyl sites for hydroxylation is 1. The number of aromatic nitrogens is 2. The maximum absolute atomic E-state index is 5.73. The van der Waals surface area contributed by atoms with Crippen LogP contribution in [-0.2, 0) is 6.54 Å². The molecule has 0 aliphatic rings. The monoisotopic (exact) mass is 201 g/mol. The van der Waals surface area contributed by atoms with Crippen LogP contribution >= 0.6 is 11.6 Å². The van der Waals surface area contributed by atoms with Crippen LogP contribution in [0.1, 0.15) is 19.3 Å². The van der Waals surface area contributed by atoms with E-state index in [9.17, 15) is 0 Å². The molecule has 0 aliphatic heterocycles. The van der Waals surface area contributed by atoms with Gasteiger partial charge in [0.2, 0.25) is 0 Å². The van der Waals surface area contributed by atoms with Gasteiger partial charge in [-0.25, -0.2) is 0 Å². The molecule has 74 valence electrons. The quantitative estimate of drug-likeness (QED) is 0.713. The lowest BCUT2D eigenvalue weighted by Gasteiger charge is -2.01. The number of unbranched alkanes of at least 4 members (excludes halogenated alkanes) is 2. The van der Waals surface area contributed by atoms with Gasteiger partial charge < -0.3 is 5.32 Å². The van der Waals surface area contributed by atoms with Crippen molar-refractivity contribution in [1.29, 1.82) is 0 Å². The van der Waals surface area contributed by atoms with E-state index in [4.69, 9.17) is 11.6 Å². The lowest BCUT2D eigenvalue weighted by molar-refractivity contribution is 0.538. The van der Waals surface area contributed by atoms with Crippen LogP contribution in [-0.4, -0.2) is 23.4 Å². The topological polar surface area (TPSA) is 29.9 Å². The molecular formula is C9H16ClN3. The van der Waals surface area contributed by atoms with Crippen LogP contribution in [0.25, 0.3) is 0 Å². The van der Waals surface area contributed by atoms with Gasteiger partial charge in [-0.2, -0.15) is 5.10 Å². The van der Waals surface area contributed by atoms with Gasteiger partial charge in [0.25, 0.3) is 0 Å². The van der Waals surface area contributed by atoms with Crippen LogP contribution in [0.5, 0.6) is 0 Å². The van der Waals surface area contributed by atoms with Gasteiger partial charge in [0.05, 0.1) is 11.2 Å². The lowest BCUT2D eigenvalue weighted by atomic mass is 10.2. The zero-order valence-corrected chi connectivity index (χ0v) is 8.72. The number of nitrogens with zero attached hydrogens (tertiary/aromatic N) is 2. The van der Waals surface area contributed by atoms with E-state index in [0.717, 1.165) is 18.1 Å². The molecule has 0 aliphatic carbocycles. The minimum atomic E-state index is 0.718. The normalized spacial score (nSPS) is 10.6. The Labute approximate surface area is 84.1 Å². The Balaban J connectivity index is 2.06. The summed E-state index contributed by atoms with van der Waals surface area (Å²) in [6.45, 7) is 2.07. The highest BCUT2D eigenvalue weighted by Crippen LogP contribution is 2.06. The molecule has 1 N–H and O–H groups in total. The fourth-order valence-corrected chi connectivity index (χ4v) is 1.37. The van der Waals surface area contributed by atoms with Crippen molar-refractivity contribution in [1.82, 2.24) is 15.1 Å². The van der Waals surface area contributed by atoms with Crippen molar-refractivity contribution in [3.8, 4) is 0 Å². The zero-order chi connectivity index (χ0) is 9.52. The molecule has 0 fully saturated rings. The molecule has 0 bridgehead atoms. The van der Waals surface area contributed by atoms with Crippen molar-refractivity contribution in [2.75, 3.05) is 13.6 Å². The van der Waals surface area contributed by atoms with Crippen molar-refractivity contribution in [2.45, 2.75) is 25.8 Å². The number of nitrogens with one attached hydrogen (secondary N) is 1. The third-order valence-corrected chi connectivity index (χ3v) is 2.11. The van der Waals surface area contributed by atoms with Crippen LogP contribution in [0, 0.1) is 0 Å². The standard InChI is InChI=1S/C9H16ClN3/c1-11-5-3-2-4-6-13-8-9(10)7-12-13/h7-8,11H,2-6H2,1H3. The fraction of sp³-hybridized carbons (Fsp3) is 0.667. The van der Waals surface area contributed by atoms with Crippen molar-refractivity contribution < 1.29 is 0 Å². The molecule has 3 nitrogen and oxygen atoms in total. The van der Waals surface area contributed by atoms with E-state index < -0.39 is 0 Å². The number of rotatable bonds is 6. The van der Waals surface area contributed by atoms with E-state index in [-0.39, 0.29) is 0 Å². The summed E-state index contributed by atoms with van der Waals surface area (Å²) in [5.41, 5.74) is 0. The Morgan fingerprint density at radius 1 is 1.46 bits per heavy atom. The second-order valence-corrected chi connectivity index (χ2v) is 3.52. The van der Waals surface area contributed by atoms with Crippen molar-refractivity contribution in [3.05, 3.63) is 17.4 Å². The number of hydrogen-bond acceptors (Lipinski definition) is 2. The van der Waals surface area contributed by atoms with Gasteiger partial charge in [-0.05, 0) is 26.4 Å². The molecule has 0 saturated carbocycles. The molecule has 0 spiro atoms. The molecule has 1 rings (SSSR count). The second kappa shape index (κ2) is 6.00. The molecule has 0 aromatic carbocycles. The average Bonchev–Trinajstić information content (AvgIpc) is 2.51. The van der Waals surface area contributed by atoms with Crippen LogP contribution in [0.2, 0.25) is 5.02 Å². The molecule has 1 aromatic heterocycles. The summed E-state index contributed by atoms with van der Waals surface area (Å²) in [5, 5.41) is 7.95. The first kappa shape index (κ1) is 10.5. The molecular weight excluding hydrogens is 186 g/mol. The lowest BCUT2D eigenvalue weighted by Crippen LogP contribution is -2.07. The minimum Gasteiger partial charge on any atom is -0.320 e. The van der Waals surface area contributed by atoms with E-state index in [0.29, 0.717) is 0 Å².